The maximum Gasteiger partial charge on any atom is 0.226 e. The number of anilines is 2. The topological polar surface area (TPSA) is 98.0 Å². The fourth-order valence-electron chi connectivity index (χ4n) is 1.96. The third-order valence-corrected chi connectivity index (χ3v) is 4.88. The summed E-state index contributed by atoms with van der Waals surface area (Å²) in [6.45, 7) is 2.81. The van der Waals surface area contributed by atoms with E-state index in [0.717, 1.165) is 19.3 Å². The van der Waals surface area contributed by atoms with Gasteiger partial charge < -0.3 is 11.1 Å². The fourth-order valence-corrected chi connectivity index (χ4v) is 3.27. The quantitative estimate of drug-likeness (QED) is 0.601. The lowest BCUT2D eigenvalue weighted by atomic mass is 10.2. The molecule has 0 aliphatic heterocycles. The van der Waals surface area contributed by atoms with E-state index < -0.39 is 9.84 Å². The number of sulfone groups is 1. The number of aromatic nitrogens is 2. The van der Waals surface area contributed by atoms with Gasteiger partial charge in [0, 0.05) is 6.54 Å². The van der Waals surface area contributed by atoms with Gasteiger partial charge in [-0.15, -0.1) is 0 Å². The Labute approximate surface area is 130 Å². The molecule has 2 rings (SSSR count). The Hall–Kier alpha value is -2.15. The number of benzene rings is 1. The first-order valence-corrected chi connectivity index (χ1v) is 8.70. The molecule has 3 N–H and O–H groups in total. The van der Waals surface area contributed by atoms with E-state index in [1.165, 1.54) is 18.3 Å². The van der Waals surface area contributed by atoms with Gasteiger partial charge in [0.15, 0.2) is 5.03 Å². The summed E-state index contributed by atoms with van der Waals surface area (Å²) >= 11 is 0. The first-order valence-electron chi connectivity index (χ1n) is 7.22. The van der Waals surface area contributed by atoms with Gasteiger partial charge in [-0.1, -0.05) is 38.0 Å². The number of nitrogens with one attached hydrogen (secondary N) is 1. The van der Waals surface area contributed by atoms with Crippen molar-refractivity contribution in [2.24, 2.45) is 0 Å². The smallest absolute Gasteiger partial charge is 0.226 e. The number of nitrogen functional groups attached to an aromatic ring is 1. The molecule has 22 heavy (non-hydrogen) atoms. The Morgan fingerprint density at radius 1 is 1.18 bits per heavy atom. The number of rotatable bonds is 7. The van der Waals surface area contributed by atoms with Crippen molar-refractivity contribution in [3.8, 4) is 0 Å². The first-order chi connectivity index (χ1) is 10.6. The number of nitrogens with two attached hydrogens (primary N) is 1. The molecule has 118 valence electrons. The zero-order chi connectivity index (χ0) is 16.0. The van der Waals surface area contributed by atoms with Crippen molar-refractivity contribution >= 4 is 21.5 Å². The molecule has 0 saturated heterocycles. The second-order valence-electron chi connectivity index (χ2n) is 4.90. The van der Waals surface area contributed by atoms with Crippen LogP contribution in [-0.4, -0.2) is 24.9 Å². The Kier molecular flexibility index (Phi) is 5.32. The van der Waals surface area contributed by atoms with Gasteiger partial charge >= 0.3 is 0 Å². The second kappa shape index (κ2) is 7.22. The maximum absolute atomic E-state index is 12.6. The van der Waals surface area contributed by atoms with E-state index in [0.29, 0.717) is 6.54 Å². The Morgan fingerprint density at radius 2 is 1.91 bits per heavy atom. The summed E-state index contributed by atoms with van der Waals surface area (Å²) in [5, 5.41) is 2.87. The maximum atomic E-state index is 12.6. The predicted octanol–water partition coefficient (Wildman–Crippen LogP) is 2.49. The van der Waals surface area contributed by atoms with Crippen LogP contribution in [0.15, 0.2) is 46.5 Å². The Morgan fingerprint density at radius 3 is 2.59 bits per heavy atom. The minimum absolute atomic E-state index is 0.0444. The molecule has 0 saturated carbocycles. The molecule has 2 aromatic rings. The van der Waals surface area contributed by atoms with Gasteiger partial charge in [0.2, 0.25) is 15.8 Å². The van der Waals surface area contributed by atoms with Gasteiger partial charge in [-0.05, 0) is 18.6 Å². The van der Waals surface area contributed by atoms with Crippen molar-refractivity contribution in [3.63, 3.8) is 0 Å². The summed E-state index contributed by atoms with van der Waals surface area (Å²) in [4.78, 5) is 8.28. The van der Waals surface area contributed by atoms with Gasteiger partial charge in [0.1, 0.15) is 0 Å². The molecule has 0 bridgehead atoms. The first kappa shape index (κ1) is 16.2. The largest absolute Gasteiger partial charge is 0.395 e. The number of hydrogen-bond donors (Lipinski definition) is 2. The van der Waals surface area contributed by atoms with Gasteiger partial charge in [-0.3, -0.25) is 0 Å². The highest BCUT2D eigenvalue weighted by Gasteiger charge is 2.23. The Bertz CT molecular complexity index is 718. The molecule has 0 unspecified atom stereocenters. The standard InChI is InChI=1S/C15H20N4O2S/c1-2-3-7-10-17-15-18-11-13(16)14(19-15)22(20,21)12-8-5-4-6-9-12/h4-6,8-9,11H,2-3,7,10,16H2,1H3,(H,17,18,19). The molecular formula is C15H20N4O2S. The molecular weight excluding hydrogens is 300 g/mol. The molecule has 1 aromatic heterocycles. The lowest BCUT2D eigenvalue weighted by molar-refractivity contribution is 0.592. The monoisotopic (exact) mass is 320 g/mol. The van der Waals surface area contributed by atoms with Gasteiger partial charge in [-0.25, -0.2) is 13.4 Å². The van der Waals surface area contributed by atoms with Crippen LogP contribution in [0.25, 0.3) is 0 Å². The van der Waals surface area contributed by atoms with E-state index in [-0.39, 0.29) is 21.6 Å². The van der Waals surface area contributed by atoms with Crippen LogP contribution in [0.4, 0.5) is 11.6 Å². The number of hydrogen-bond acceptors (Lipinski definition) is 6. The summed E-state index contributed by atoms with van der Waals surface area (Å²) in [5.74, 6) is 0.278. The predicted molar refractivity (Wildman–Crippen MR) is 86.4 cm³/mol. The van der Waals surface area contributed by atoms with Gasteiger partial charge in [0.05, 0.1) is 16.8 Å². The van der Waals surface area contributed by atoms with Gasteiger partial charge in [-0.2, -0.15) is 4.98 Å². The third kappa shape index (κ3) is 3.73. The van der Waals surface area contributed by atoms with Crippen LogP contribution in [0, 0.1) is 0 Å². The van der Waals surface area contributed by atoms with Crippen LogP contribution in [0.2, 0.25) is 0 Å². The molecule has 0 radical (unpaired) electrons. The van der Waals surface area contributed by atoms with Crippen LogP contribution in [-0.2, 0) is 9.84 Å². The van der Waals surface area contributed by atoms with Crippen LogP contribution in [0.5, 0.6) is 0 Å². The summed E-state index contributed by atoms with van der Waals surface area (Å²) in [7, 11) is -3.74. The highest BCUT2D eigenvalue weighted by atomic mass is 32.2. The van der Waals surface area contributed by atoms with Crippen molar-refractivity contribution in [2.75, 3.05) is 17.6 Å². The van der Waals surface area contributed by atoms with Crippen molar-refractivity contribution in [3.05, 3.63) is 36.5 Å². The van der Waals surface area contributed by atoms with Crippen molar-refractivity contribution in [2.45, 2.75) is 36.1 Å². The Balaban J connectivity index is 2.27. The number of nitrogens with zero attached hydrogens (tertiary/aromatic N) is 2. The van der Waals surface area contributed by atoms with Crippen molar-refractivity contribution < 1.29 is 8.42 Å². The van der Waals surface area contributed by atoms with E-state index in [4.69, 9.17) is 5.73 Å². The van der Waals surface area contributed by atoms with Crippen LogP contribution >= 0.6 is 0 Å². The molecule has 0 spiro atoms. The highest BCUT2D eigenvalue weighted by Crippen LogP contribution is 2.24. The van der Waals surface area contributed by atoms with E-state index in [9.17, 15) is 8.42 Å². The summed E-state index contributed by atoms with van der Waals surface area (Å²) < 4.78 is 25.2. The third-order valence-electron chi connectivity index (χ3n) is 3.15. The summed E-state index contributed by atoms with van der Waals surface area (Å²) in [6.07, 6.45) is 4.50. The molecule has 0 amide bonds. The normalized spacial score (nSPS) is 11.3. The zero-order valence-corrected chi connectivity index (χ0v) is 13.3. The van der Waals surface area contributed by atoms with E-state index in [1.807, 2.05) is 0 Å². The molecule has 0 fully saturated rings. The summed E-state index contributed by atoms with van der Waals surface area (Å²) in [6, 6.07) is 8.11. The molecule has 0 aliphatic rings. The van der Waals surface area contributed by atoms with E-state index >= 15 is 0 Å². The van der Waals surface area contributed by atoms with Crippen molar-refractivity contribution in [1.82, 2.24) is 9.97 Å². The summed E-state index contributed by atoms with van der Waals surface area (Å²) in [5.41, 5.74) is 5.80. The molecule has 1 aromatic carbocycles. The van der Waals surface area contributed by atoms with Crippen LogP contribution < -0.4 is 11.1 Å². The molecule has 7 heteroatoms. The lowest BCUT2D eigenvalue weighted by Crippen LogP contribution is -2.12. The molecule has 6 nitrogen and oxygen atoms in total. The van der Waals surface area contributed by atoms with E-state index in [1.54, 1.807) is 18.2 Å². The minimum Gasteiger partial charge on any atom is -0.395 e. The highest BCUT2D eigenvalue weighted by molar-refractivity contribution is 7.91. The minimum atomic E-state index is -3.74. The van der Waals surface area contributed by atoms with Crippen LogP contribution in [0.3, 0.4) is 0 Å². The average Bonchev–Trinajstić information content (AvgIpc) is 2.53. The average molecular weight is 320 g/mol. The van der Waals surface area contributed by atoms with Crippen LogP contribution in [0.1, 0.15) is 26.2 Å². The fraction of sp³-hybridized carbons (Fsp3) is 0.333. The SMILES string of the molecule is CCCCCNc1ncc(N)c(S(=O)(=O)c2ccccc2)n1. The van der Waals surface area contributed by atoms with Gasteiger partial charge in [0.25, 0.3) is 0 Å². The van der Waals surface area contributed by atoms with Crippen molar-refractivity contribution in [1.29, 1.82) is 0 Å². The molecule has 0 aliphatic carbocycles. The second-order valence-corrected chi connectivity index (χ2v) is 6.77. The number of unbranched alkanes of at least 4 members (excludes halogenated alkanes) is 2. The molecule has 1 heterocycles. The van der Waals surface area contributed by atoms with E-state index in [2.05, 4.69) is 22.2 Å². The zero-order valence-electron chi connectivity index (χ0n) is 12.5. The molecule has 0 atom stereocenters. The lowest BCUT2D eigenvalue weighted by Gasteiger charge is -2.09.